The Balaban J connectivity index is 1.67. The van der Waals surface area contributed by atoms with Gasteiger partial charge in [0, 0.05) is 25.2 Å². The highest BCUT2D eigenvalue weighted by Crippen LogP contribution is 2.32. The van der Waals surface area contributed by atoms with Crippen molar-refractivity contribution >= 4 is 11.3 Å². The lowest BCUT2D eigenvalue weighted by Gasteiger charge is -2.34. The van der Waals surface area contributed by atoms with E-state index >= 15 is 0 Å². The zero-order chi connectivity index (χ0) is 17.4. The second kappa shape index (κ2) is 6.13. The molecule has 1 atom stereocenters. The molecule has 0 radical (unpaired) electrons. The normalized spacial score (nSPS) is 17.6. The number of nitriles is 1. The monoisotopic (exact) mass is 339 g/mol. The molecule has 1 aromatic carbocycles. The summed E-state index contributed by atoms with van der Waals surface area (Å²) in [7, 11) is 0. The Labute approximate surface area is 143 Å². The lowest BCUT2D eigenvalue weighted by atomic mass is 9.96. The van der Waals surface area contributed by atoms with E-state index in [1.807, 2.05) is 28.8 Å². The first kappa shape index (κ1) is 15.5. The average molecular weight is 339 g/mol. The van der Waals surface area contributed by atoms with E-state index in [2.05, 4.69) is 10.2 Å². The number of rotatable bonds is 2. The summed E-state index contributed by atoms with van der Waals surface area (Å²) < 4.78 is 30.6. The van der Waals surface area contributed by atoms with Crippen LogP contribution in [0, 0.1) is 23.0 Å². The molecule has 2 aromatic heterocycles. The molecule has 25 heavy (non-hydrogen) atoms. The van der Waals surface area contributed by atoms with Gasteiger partial charge in [0.15, 0.2) is 17.3 Å². The van der Waals surface area contributed by atoms with Gasteiger partial charge in [0.05, 0.1) is 11.6 Å². The van der Waals surface area contributed by atoms with Gasteiger partial charge in [-0.15, -0.1) is 10.2 Å². The molecule has 0 saturated carbocycles. The van der Waals surface area contributed by atoms with Crippen LogP contribution in [0.15, 0.2) is 36.5 Å². The number of halogens is 2. The van der Waals surface area contributed by atoms with Crippen LogP contribution in [0.5, 0.6) is 0 Å². The fraction of sp³-hybridized carbons (Fsp3) is 0.278. The van der Waals surface area contributed by atoms with Crippen molar-refractivity contribution in [2.45, 2.75) is 18.8 Å². The van der Waals surface area contributed by atoms with Crippen molar-refractivity contribution in [3.63, 3.8) is 0 Å². The number of aromatic nitrogens is 3. The predicted molar refractivity (Wildman–Crippen MR) is 88.2 cm³/mol. The lowest BCUT2D eigenvalue weighted by Crippen LogP contribution is -2.36. The first-order valence-corrected chi connectivity index (χ1v) is 8.11. The first-order chi connectivity index (χ1) is 12.2. The number of benzene rings is 1. The van der Waals surface area contributed by atoms with Crippen LogP contribution in [0.3, 0.4) is 0 Å². The fourth-order valence-electron chi connectivity index (χ4n) is 3.46. The second-order valence-electron chi connectivity index (χ2n) is 6.17. The van der Waals surface area contributed by atoms with Gasteiger partial charge in [0.25, 0.3) is 0 Å². The summed E-state index contributed by atoms with van der Waals surface area (Å²) >= 11 is 0. The smallest absolute Gasteiger partial charge is 0.160 e. The number of nitrogens with zero attached hydrogens (tertiary/aromatic N) is 5. The molecule has 3 aromatic rings. The Bertz CT molecular complexity index is 952. The molecule has 1 aliphatic rings. The summed E-state index contributed by atoms with van der Waals surface area (Å²) in [5.74, 6) is -0.582. The quantitative estimate of drug-likeness (QED) is 0.719. The minimum atomic E-state index is -0.705. The maximum Gasteiger partial charge on any atom is 0.160 e. The van der Waals surface area contributed by atoms with Crippen LogP contribution in [-0.4, -0.2) is 27.7 Å². The summed E-state index contributed by atoms with van der Waals surface area (Å²) in [4.78, 5) is 1.70. The van der Waals surface area contributed by atoms with Crippen LogP contribution in [0.4, 0.5) is 14.5 Å². The van der Waals surface area contributed by atoms with Crippen LogP contribution in [0.2, 0.25) is 0 Å². The van der Waals surface area contributed by atoms with Gasteiger partial charge in [-0.2, -0.15) is 5.26 Å². The molecule has 1 saturated heterocycles. The highest BCUT2D eigenvalue weighted by atomic mass is 19.1. The highest BCUT2D eigenvalue weighted by molar-refractivity contribution is 5.53. The van der Waals surface area contributed by atoms with E-state index in [4.69, 9.17) is 5.26 Å². The SMILES string of the molecule is N#Cc1cc(F)c(N2CCC[C@@H](c3nnc4ccccn34)C2)c(F)c1. The maximum absolute atomic E-state index is 14.3. The molecule has 0 spiro atoms. The Morgan fingerprint density at radius 1 is 1.16 bits per heavy atom. The summed E-state index contributed by atoms with van der Waals surface area (Å²) in [5, 5.41) is 17.3. The minimum absolute atomic E-state index is 0.0178. The molecule has 5 nitrogen and oxygen atoms in total. The molecule has 1 fully saturated rings. The van der Waals surface area contributed by atoms with Crippen LogP contribution < -0.4 is 4.90 Å². The molecule has 0 aliphatic carbocycles. The zero-order valence-corrected chi connectivity index (χ0v) is 13.4. The molecule has 0 bridgehead atoms. The van der Waals surface area contributed by atoms with Crippen molar-refractivity contribution in [2.75, 3.05) is 18.0 Å². The lowest BCUT2D eigenvalue weighted by molar-refractivity contribution is 0.472. The summed E-state index contributed by atoms with van der Waals surface area (Å²) in [5.41, 5.74) is 0.665. The van der Waals surface area contributed by atoms with Crippen molar-refractivity contribution in [2.24, 2.45) is 0 Å². The van der Waals surface area contributed by atoms with Gasteiger partial charge in [-0.3, -0.25) is 4.40 Å². The number of hydrogen-bond acceptors (Lipinski definition) is 4. The van der Waals surface area contributed by atoms with E-state index in [-0.39, 0.29) is 17.2 Å². The molecule has 3 heterocycles. The number of fused-ring (bicyclic) bond motifs is 1. The molecule has 1 aliphatic heterocycles. The van der Waals surface area contributed by atoms with E-state index in [0.717, 1.165) is 36.4 Å². The topological polar surface area (TPSA) is 57.2 Å². The maximum atomic E-state index is 14.3. The van der Waals surface area contributed by atoms with Crippen molar-refractivity contribution in [3.8, 4) is 6.07 Å². The number of hydrogen-bond donors (Lipinski definition) is 0. The fourth-order valence-corrected chi connectivity index (χ4v) is 3.46. The van der Waals surface area contributed by atoms with E-state index in [0.29, 0.717) is 13.1 Å². The summed E-state index contributed by atoms with van der Waals surface area (Å²) in [6.45, 7) is 1.02. The molecular formula is C18H15F2N5. The first-order valence-electron chi connectivity index (χ1n) is 8.11. The minimum Gasteiger partial charge on any atom is -0.366 e. The van der Waals surface area contributed by atoms with E-state index in [1.165, 1.54) is 0 Å². The second-order valence-corrected chi connectivity index (χ2v) is 6.17. The van der Waals surface area contributed by atoms with Gasteiger partial charge in [-0.05, 0) is 37.1 Å². The van der Waals surface area contributed by atoms with Crippen LogP contribution in [0.1, 0.15) is 30.1 Å². The van der Waals surface area contributed by atoms with Crippen LogP contribution in [0.25, 0.3) is 5.65 Å². The Morgan fingerprint density at radius 3 is 2.72 bits per heavy atom. The van der Waals surface area contributed by atoms with Gasteiger partial charge < -0.3 is 4.90 Å². The molecule has 0 unspecified atom stereocenters. The van der Waals surface area contributed by atoms with Gasteiger partial charge in [-0.1, -0.05) is 6.07 Å². The largest absolute Gasteiger partial charge is 0.366 e. The van der Waals surface area contributed by atoms with Crippen LogP contribution >= 0.6 is 0 Å². The number of anilines is 1. The van der Waals surface area contributed by atoms with Crippen molar-refractivity contribution in [3.05, 3.63) is 59.6 Å². The van der Waals surface area contributed by atoms with Gasteiger partial charge in [0.1, 0.15) is 11.5 Å². The third-order valence-electron chi connectivity index (χ3n) is 4.59. The summed E-state index contributed by atoms with van der Waals surface area (Å²) in [6, 6.07) is 9.59. The van der Waals surface area contributed by atoms with Gasteiger partial charge in [-0.25, -0.2) is 8.78 Å². The molecule has 0 amide bonds. The summed E-state index contributed by atoms with van der Waals surface area (Å²) in [6.07, 6.45) is 3.57. The molecular weight excluding hydrogens is 324 g/mol. The number of piperidine rings is 1. The third kappa shape index (κ3) is 2.70. The molecule has 0 N–H and O–H groups in total. The average Bonchev–Trinajstić information content (AvgIpc) is 3.05. The molecule has 126 valence electrons. The van der Waals surface area contributed by atoms with Crippen molar-refractivity contribution < 1.29 is 8.78 Å². The van der Waals surface area contributed by atoms with E-state index in [9.17, 15) is 8.78 Å². The number of pyridine rings is 1. The molecule has 4 rings (SSSR count). The van der Waals surface area contributed by atoms with E-state index in [1.54, 1.807) is 11.0 Å². The Morgan fingerprint density at radius 2 is 1.96 bits per heavy atom. The third-order valence-corrected chi connectivity index (χ3v) is 4.59. The zero-order valence-electron chi connectivity index (χ0n) is 13.4. The Kier molecular flexibility index (Phi) is 3.80. The molecule has 7 heteroatoms. The van der Waals surface area contributed by atoms with Crippen molar-refractivity contribution in [1.82, 2.24) is 14.6 Å². The van der Waals surface area contributed by atoms with E-state index < -0.39 is 11.6 Å². The highest BCUT2D eigenvalue weighted by Gasteiger charge is 2.28. The van der Waals surface area contributed by atoms with Gasteiger partial charge >= 0.3 is 0 Å². The Hall–Kier alpha value is -3.01. The predicted octanol–water partition coefficient (Wildman–Crippen LogP) is 3.26. The van der Waals surface area contributed by atoms with Crippen molar-refractivity contribution in [1.29, 1.82) is 5.26 Å². The van der Waals surface area contributed by atoms with Gasteiger partial charge in [0.2, 0.25) is 0 Å². The standard InChI is InChI=1S/C18H15F2N5/c19-14-8-12(10-21)9-15(20)17(14)24-6-3-4-13(11-24)18-23-22-16-5-1-2-7-25(16)18/h1-2,5,7-9,13H,3-4,6,11H2/t13-/m1/s1. The van der Waals surface area contributed by atoms with Crippen LogP contribution in [-0.2, 0) is 0 Å².